The molecule has 0 spiro atoms. The van der Waals surface area contributed by atoms with Gasteiger partial charge >= 0.3 is 0 Å². The van der Waals surface area contributed by atoms with Gasteiger partial charge in [-0.25, -0.2) is 4.98 Å². The second-order valence-electron chi connectivity index (χ2n) is 3.89. The Morgan fingerprint density at radius 3 is 2.73 bits per heavy atom. The molecule has 0 unspecified atom stereocenters. The zero-order chi connectivity index (χ0) is 10.3. The maximum atomic E-state index is 6.03. The van der Waals surface area contributed by atoms with Crippen LogP contribution in [0, 0.1) is 0 Å². The van der Waals surface area contributed by atoms with Crippen LogP contribution < -0.4 is 5.73 Å². The minimum Gasteiger partial charge on any atom is -0.339 e. The fraction of sp³-hybridized carbons (Fsp3) is 0.300. The Morgan fingerprint density at radius 1 is 1.20 bits per heavy atom. The largest absolute Gasteiger partial charge is 0.339 e. The van der Waals surface area contributed by atoms with Gasteiger partial charge in [0.05, 0.1) is 23.6 Å². The van der Waals surface area contributed by atoms with Crippen LogP contribution >= 0.6 is 0 Å². The molecule has 2 aromatic heterocycles. The maximum Gasteiger partial charge on any atom is 0.126 e. The molecule has 1 aliphatic rings. The minimum absolute atomic E-state index is 0.222. The van der Waals surface area contributed by atoms with Crippen molar-refractivity contribution < 1.29 is 0 Å². The number of aromatic nitrogens is 4. The lowest BCUT2D eigenvalue weighted by molar-refractivity contribution is 0.685. The first-order chi connectivity index (χ1) is 7.28. The Balaban J connectivity index is 1.97. The third-order valence-electron chi connectivity index (χ3n) is 2.68. The standard InChI is InChI=1S/C10H11N5/c11-10(1-2-10)9-14-6-8(15-9)7-5-12-3-4-13-7/h3-6H,1-2,11H2,(H,14,15). The summed E-state index contributed by atoms with van der Waals surface area (Å²) < 4.78 is 0. The molecular weight excluding hydrogens is 190 g/mol. The van der Waals surface area contributed by atoms with E-state index in [2.05, 4.69) is 19.9 Å². The van der Waals surface area contributed by atoms with E-state index < -0.39 is 0 Å². The fourth-order valence-corrected chi connectivity index (χ4v) is 1.51. The molecule has 1 aliphatic carbocycles. The first kappa shape index (κ1) is 8.55. The van der Waals surface area contributed by atoms with E-state index >= 15 is 0 Å². The first-order valence-corrected chi connectivity index (χ1v) is 4.89. The highest BCUT2D eigenvalue weighted by Gasteiger charge is 2.42. The van der Waals surface area contributed by atoms with Gasteiger partial charge in [-0.05, 0) is 12.8 Å². The third-order valence-corrected chi connectivity index (χ3v) is 2.68. The molecule has 2 aromatic rings. The van der Waals surface area contributed by atoms with Crippen LogP contribution in [0.4, 0.5) is 0 Å². The first-order valence-electron chi connectivity index (χ1n) is 4.89. The molecule has 0 bridgehead atoms. The molecular formula is C10H11N5. The molecule has 0 aliphatic heterocycles. The molecule has 3 rings (SSSR count). The quantitative estimate of drug-likeness (QED) is 0.753. The smallest absolute Gasteiger partial charge is 0.126 e. The van der Waals surface area contributed by atoms with Crippen molar-refractivity contribution in [3.63, 3.8) is 0 Å². The number of nitrogens with two attached hydrogens (primary N) is 1. The number of hydrogen-bond acceptors (Lipinski definition) is 4. The van der Waals surface area contributed by atoms with Gasteiger partial charge < -0.3 is 10.7 Å². The van der Waals surface area contributed by atoms with E-state index in [4.69, 9.17) is 5.73 Å². The van der Waals surface area contributed by atoms with E-state index in [0.29, 0.717) is 0 Å². The number of imidazole rings is 1. The molecule has 5 nitrogen and oxygen atoms in total. The Bertz CT molecular complexity index is 472. The summed E-state index contributed by atoms with van der Waals surface area (Å²) in [5.41, 5.74) is 7.47. The van der Waals surface area contributed by atoms with Crippen molar-refractivity contribution in [2.45, 2.75) is 18.4 Å². The van der Waals surface area contributed by atoms with Crippen LogP contribution in [-0.4, -0.2) is 19.9 Å². The van der Waals surface area contributed by atoms with Crippen molar-refractivity contribution in [2.24, 2.45) is 5.73 Å². The van der Waals surface area contributed by atoms with Crippen molar-refractivity contribution in [1.29, 1.82) is 0 Å². The summed E-state index contributed by atoms with van der Waals surface area (Å²) in [6.45, 7) is 0. The highest BCUT2D eigenvalue weighted by molar-refractivity contribution is 5.51. The van der Waals surface area contributed by atoms with Crippen LogP contribution in [0.15, 0.2) is 24.8 Å². The zero-order valence-corrected chi connectivity index (χ0v) is 8.14. The number of nitrogens with one attached hydrogen (secondary N) is 1. The van der Waals surface area contributed by atoms with Crippen molar-refractivity contribution in [2.75, 3.05) is 0 Å². The lowest BCUT2D eigenvalue weighted by Crippen LogP contribution is -2.20. The monoisotopic (exact) mass is 201 g/mol. The van der Waals surface area contributed by atoms with Crippen molar-refractivity contribution in [3.8, 4) is 11.4 Å². The minimum atomic E-state index is -0.222. The van der Waals surface area contributed by atoms with Crippen molar-refractivity contribution >= 4 is 0 Å². The number of aromatic amines is 1. The molecule has 2 heterocycles. The predicted octanol–water partition coefficient (Wildman–Crippen LogP) is 0.814. The summed E-state index contributed by atoms with van der Waals surface area (Å²) in [5.74, 6) is 0.850. The summed E-state index contributed by atoms with van der Waals surface area (Å²) >= 11 is 0. The van der Waals surface area contributed by atoms with E-state index in [0.717, 1.165) is 30.1 Å². The van der Waals surface area contributed by atoms with Gasteiger partial charge in [0.15, 0.2) is 0 Å². The van der Waals surface area contributed by atoms with Crippen LogP contribution in [0.1, 0.15) is 18.7 Å². The summed E-state index contributed by atoms with van der Waals surface area (Å²) in [6.07, 6.45) is 8.76. The molecule has 1 fully saturated rings. The van der Waals surface area contributed by atoms with E-state index in [9.17, 15) is 0 Å². The zero-order valence-electron chi connectivity index (χ0n) is 8.14. The number of rotatable bonds is 2. The Labute approximate surface area is 86.8 Å². The second kappa shape index (κ2) is 2.87. The summed E-state index contributed by atoms with van der Waals surface area (Å²) in [5, 5.41) is 0. The Kier molecular flexibility index (Phi) is 1.63. The van der Waals surface area contributed by atoms with Crippen molar-refractivity contribution in [1.82, 2.24) is 19.9 Å². The van der Waals surface area contributed by atoms with Gasteiger partial charge in [-0.2, -0.15) is 0 Å². The third kappa shape index (κ3) is 1.41. The molecule has 1 saturated carbocycles. The SMILES string of the molecule is NC1(c2ncc(-c3cnccn3)[nH]2)CC1. The van der Waals surface area contributed by atoms with E-state index in [1.54, 1.807) is 24.8 Å². The average molecular weight is 201 g/mol. The molecule has 0 aromatic carbocycles. The Morgan fingerprint density at radius 2 is 2.07 bits per heavy atom. The van der Waals surface area contributed by atoms with Crippen LogP contribution in [0.2, 0.25) is 0 Å². The normalized spacial score (nSPS) is 17.7. The molecule has 0 radical (unpaired) electrons. The van der Waals surface area contributed by atoms with Crippen molar-refractivity contribution in [3.05, 3.63) is 30.6 Å². The molecule has 5 heteroatoms. The number of hydrogen-bond donors (Lipinski definition) is 2. The molecule has 0 atom stereocenters. The van der Waals surface area contributed by atoms with Gasteiger partial charge in [-0.3, -0.25) is 9.97 Å². The number of nitrogens with zero attached hydrogens (tertiary/aromatic N) is 3. The number of H-pyrrole nitrogens is 1. The van der Waals surface area contributed by atoms with Gasteiger partial charge in [0.25, 0.3) is 0 Å². The van der Waals surface area contributed by atoms with E-state index in [1.807, 2.05) is 0 Å². The fourth-order valence-electron chi connectivity index (χ4n) is 1.51. The highest BCUT2D eigenvalue weighted by atomic mass is 15.0. The van der Waals surface area contributed by atoms with E-state index in [1.165, 1.54) is 0 Å². The highest BCUT2D eigenvalue weighted by Crippen LogP contribution is 2.41. The maximum absolute atomic E-state index is 6.03. The van der Waals surface area contributed by atoms with Gasteiger partial charge in [0.1, 0.15) is 11.5 Å². The predicted molar refractivity (Wildman–Crippen MR) is 54.7 cm³/mol. The molecule has 0 saturated heterocycles. The van der Waals surface area contributed by atoms with Crippen LogP contribution in [-0.2, 0) is 5.54 Å². The molecule has 3 N–H and O–H groups in total. The summed E-state index contributed by atoms with van der Waals surface area (Å²) in [7, 11) is 0. The molecule has 15 heavy (non-hydrogen) atoms. The lowest BCUT2D eigenvalue weighted by Gasteiger charge is -2.02. The summed E-state index contributed by atoms with van der Waals surface area (Å²) in [4.78, 5) is 15.7. The van der Waals surface area contributed by atoms with Gasteiger partial charge in [-0.15, -0.1) is 0 Å². The van der Waals surface area contributed by atoms with Crippen LogP contribution in [0.25, 0.3) is 11.4 Å². The van der Waals surface area contributed by atoms with Gasteiger partial charge in [-0.1, -0.05) is 0 Å². The van der Waals surface area contributed by atoms with Crippen LogP contribution in [0.3, 0.4) is 0 Å². The topological polar surface area (TPSA) is 80.5 Å². The second-order valence-corrected chi connectivity index (χ2v) is 3.89. The van der Waals surface area contributed by atoms with Gasteiger partial charge in [0.2, 0.25) is 0 Å². The lowest BCUT2D eigenvalue weighted by atomic mass is 10.3. The molecule has 76 valence electrons. The Hall–Kier alpha value is -1.75. The van der Waals surface area contributed by atoms with Gasteiger partial charge in [0, 0.05) is 12.4 Å². The van der Waals surface area contributed by atoms with E-state index in [-0.39, 0.29) is 5.54 Å². The summed E-state index contributed by atoms with van der Waals surface area (Å²) in [6, 6.07) is 0. The van der Waals surface area contributed by atoms with Crippen LogP contribution in [0.5, 0.6) is 0 Å². The molecule has 0 amide bonds. The average Bonchev–Trinajstić information content (AvgIpc) is 2.85.